The fraction of sp³-hybridized carbons (Fsp3) is 0.111. The highest BCUT2D eigenvalue weighted by Crippen LogP contribution is 2.59. The van der Waals surface area contributed by atoms with Crippen LogP contribution in [0.5, 0.6) is 0 Å². The predicted molar refractivity (Wildman–Crippen MR) is 329 cm³/mol. The van der Waals surface area contributed by atoms with Gasteiger partial charge in [-0.05, 0) is 191 Å². The lowest BCUT2D eigenvalue weighted by molar-refractivity contribution is 0.660. The molecule has 0 fully saturated rings. The number of hydrogen-bond acceptors (Lipinski definition) is 4. The van der Waals surface area contributed by atoms with E-state index in [1.165, 1.54) is 134 Å². The molecule has 0 bridgehead atoms. The highest BCUT2D eigenvalue weighted by atomic mass is 31.1. The molecule has 2 aliphatic heterocycles. The quantitative estimate of drug-likeness (QED) is 0.148. The number of para-hydroxylation sites is 5. The van der Waals surface area contributed by atoms with Gasteiger partial charge in [-0.15, -0.1) is 0 Å². The van der Waals surface area contributed by atoms with E-state index in [0.717, 1.165) is 25.7 Å². The first-order valence-electron chi connectivity index (χ1n) is 27.3. The van der Waals surface area contributed by atoms with Crippen molar-refractivity contribution in [1.29, 1.82) is 0 Å². The van der Waals surface area contributed by atoms with Gasteiger partial charge in [0.15, 0.2) is 0 Å². The van der Waals surface area contributed by atoms with Crippen molar-refractivity contribution < 1.29 is 0 Å². The van der Waals surface area contributed by atoms with Gasteiger partial charge in [-0.25, -0.2) is 0 Å². The molecule has 1 aromatic heterocycles. The zero-order valence-corrected chi connectivity index (χ0v) is 44.6. The van der Waals surface area contributed by atoms with Crippen LogP contribution in [-0.4, -0.2) is 0 Å². The van der Waals surface area contributed by atoms with Crippen LogP contribution in [0.2, 0.25) is 0 Å². The van der Waals surface area contributed by atoms with Crippen molar-refractivity contribution in [2.75, 3.05) is 19.6 Å². The van der Waals surface area contributed by atoms with Crippen LogP contribution < -0.4 is 19.6 Å². The first-order chi connectivity index (χ1) is 37.9. The molecule has 5 heteroatoms. The number of anilines is 9. The normalized spacial score (nSPS) is 16.1. The van der Waals surface area contributed by atoms with E-state index in [0.29, 0.717) is 0 Å². The topological polar surface area (TPSA) is 13.0 Å². The van der Waals surface area contributed by atoms with Crippen molar-refractivity contribution in [1.82, 2.24) is 0 Å². The summed E-state index contributed by atoms with van der Waals surface area (Å²) in [6, 6.07) is 75.5. The molecule has 10 aromatic rings. The molecule has 0 N–H and O–H groups in total. The second-order valence-electron chi connectivity index (χ2n) is 21.7. The number of benzene rings is 9. The summed E-state index contributed by atoms with van der Waals surface area (Å²) in [5.41, 5.74) is 23.6. The van der Waals surface area contributed by atoms with E-state index in [1.807, 2.05) is 0 Å². The summed E-state index contributed by atoms with van der Waals surface area (Å²) in [5.74, 6) is 0. The molecule has 77 heavy (non-hydrogen) atoms. The molecule has 0 spiro atoms. The van der Waals surface area contributed by atoms with E-state index in [1.54, 1.807) is 0 Å². The van der Waals surface area contributed by atoms with Gasteiger partial charge in [-0.3, -0.25) is 0 Å². The van der Waals surface area contributed by atoms with Gasteiger partial charge < -0.3 is 19.6 Å². The van der Waals surface area contributed by atoms with Crippen LogP contribution in [0.1, 0.15) is 67.3 Å². The second kappa shape index (κ2) is 17.9. The van der Waals surface area contributed by atoms with Crippen LogP contribution in [0.15, 0.2) is 248 Å². The fourth-order valence-electron chi connectivity index (χ4n) is 13.1. The van der Waals surface area contributed by atoms with E-state index in [-0.39, 0.29) is 5.41 Å². The number of rotatable bonds is 7. The van der Waals surface area contributed by atoms with Crippen molar-refractivity contribution in [2.24, 2.45) is 0 Å². The largest absolute Gasteiger partial charge is 0.310 e. The third-order valence-electron chi connectivity index (χ3n) is 16.7. The maximum Gasteiger partial charge on any atom is 0.0703 e. The summed E-state index contributed by atoms with van der Waals surface area (Å²) in [5, 5.41) is 6.86. The SMILES string of the molecule is Cc1ccc2c(c1)N(C1=CC=CCC1)c1ccccc1N2c1ccc2c(c1)c1cc(/C=C/c3ccc4c(c3)C(C)(C)c3cc(N5C6=C(C=CCC6)N(c6ccccc6)c6ccccc65)ccc3-4)ccc1p2-c1ccccc1. The maximum atomic E-state index is 2.54. The zero-order valence-electron chi connectivity index (χ0n) is 43.7. The highest BCUT2D eigenvalue weighted by molar-refractivity contribution is 7.67. The van der Waals surface area contributed by atoms with Gasteiger partial charge in [0.2, 0.25) is 0 Å². The van der Waals surface area contributed by atoms with Crippen molar-refractivity contribution in [3.05, 3.63) is 275 Å². The molecular weight excluding hydrogens is 952 g/mol. The third-order valence-corrected chi connectivity index (χ3v) is 19.3. The Balaban J connectivity index is 0.792. The Morgan fingerprint density at radius 3 is 1.79 bits per heavy atom. The molecule has 3 heterocycles. The lowest BCUT2D eigenvalue weighted by Crippen LogP contribution is -2.32. The minimum Gasteiger partial charge on any atom is -0.310 e. The smallest absolute Gasteiger partial charge is 0.0703 e. The van der Waals surface area contributed by atoms with Gasteiger partial charge in [0.05, 0.1) is 39.8 Å². The highest BCUT2D eigenvalue weighted by Gasteiger charge is 2.38. The molecule has 0 saturated carbocycles. The summed E-state index contributed by atoms with van der Waals surface area (Å²) < 4.78 is 0. The van der Waals surface area contributed by atoms with E-state index < -0.39 is 7.53 Å². The lowest BCUT2D eigenvalue weighted by Gasteiger charge is -2.42. The third kappa shape index (κ3) is 7.27. The number of allylic oxidation sites excluding steroid dienone is 7. The number of nitrogens with zero attached hydrogens (tertiary/aromatic N) is 4. The molecule has 15 rings (SSSR count). The minimum atomic E-state index is -0.740. The Morgan fingerprint density at radius 1 is 0.455 bits per heavy atom. The summed E-state index contributed by atoms with van der Waals surface area (Å²) in [6.07, 6.45) is 20.1. The van der Waals surface area contributed by atoms with Crippen LogP contribution in [0, 0.1) is 6.92 Å². The molecule has 1 unspecified atom stereocenters. The van der Waals surface area contributed by atoms with Gasteiger partial charge in [0, 0.05) is 44.1 Å². The molecule has 0 saturated heterocycles. The average Bonchev–Trinajstić information content (AvgIpc) is 4.09. The van der Waals surface area contributed by atoms with Gasteiger partial charge in [0.25, 0.3) is 0 Å². The van der Waals surface area contributed by atoms with Gasteiger partial charge >= 0.3 is 0 Å². The molecule has 370 valence electrons. The first-order valence-corrected chi connectivity index (χ1v) is 28.6. The molecule has 5 aliphatic rings. The molecule has 0 radical (unpaired) electrons. The fourth-order valence-corrected chi connectivity index (χ4v) is 15.7. The predicted octanol–water partition coefficient (Wildman–Crippen LogP) is 20.8. The van der Waals surface area contributed by atoms with Gasteiger partial charge in [0.1, 0.15) is 0 Å². The molecule has 0 amide bonds. The number of hydrogen-bond donors (Lipinski definition) is 0. The van der Waals surface area contributed by atoms with E-state index >= 15 is 0 Å². The van der Waals surface area contributed by atoms with Crippen LogP contribution in [-0.2, 0) is 5.41 Å². The molecule has 1 atom stereocenters. The monoisotopic (exact) mass is 1010 g/mol. The van der Waals surface area contributed by atoms with Crippen molar-refractivity contribution in [3.8, 4) is 16.4 Å². The summed E-state index contributed by atoms with van der Waals surface area (Å²) in [7, 11) is -0.740. The van der Waals surface area contributed by atoms with E-state index in [2.05, 4.69) is 283 Å². The number of aryl methyl sites for hydroxylation is 1. The number of fused-ring (bicyclic) bond motifs is 9. The van der Waals surface area contributed by atoms with Crippen LogP contribution in [0.3, 0.4) is 0 Å². The van der Waals surface area contributed by atoms with Gasteiger partial charge in [-0.1, -0.05) is 161 Å². The summed E-state index contributed by atoms with van der Waals surface area (Å²) in [6.45, 7) is 7.02. The van der Waals surface area contributed by atoms with E-state index in [4.69, 9.17) is 0 Å². The Hall–Kier alpha value is -8.82. The zero-order chi connectivity index (χ0) is 51.4. The lowest BCUT2D eigenvalue weighted by atomic mass is 9.81. The Labute approximate surface area is 452 Å². The van der Waals surface area contributed by atoms with Crippen LogP contribution >= 0.6 is 7.53 Å². The van der Waals surface area contributed by atoms with Crippen molar-refractivity contribution in [2.45, 2.75) is 51.9 Å². The summed E-state index contributed by atoms with van der Waals surface area (Å²) in [4.78, 5) is 9.97. The average molecular weight is 1010 g/mol. The minimum absolute atomic E-state index is 0.194. The Bertz CT molecular complexity index is 4230. The van der Waals surface area contributed by atoms with E-state index in [9.17, 15) is 0 Å². The maximum absolute atomic E-state index is 2.54. The first kappa shape index (κ1) is 45.6. The Kier molecular flexibility index (Phi) is 10.6. The second-order valence-corrected chi connectivity index (χ2v) is 23.8. The summed E-state index contributed by atoms with van der Waals surface area (Å²) >= 11 is 0. The van der Waals surface area contributed by atoms with Crippen molar-refractivity contribution >= 4 is 91.9 Å². The van der Waals surface area contributed by atoms with Crippen molar-refractivity contribution in [3.63, 3.8) is 0 Å². The molecule has 3 aliphatic carbocycles. The molecule has 9 aromatic carbocycles. The van der Waals surface area contributed by atoms with Gasteiger partial charge in [-0.2, -0.15) is 0 Å². The molecule has 4 nitrogen and oxygen atoms in total. The molecular formula is C72H57N4P. The van der Waals surface area contributed by atoms with Crippen LogP contribution in [0.25, 0.3) is 49.6 Å². The van der Waals surface area contributed by atoms with Crippen LogP contribution in [0.4, 0.5) is 51.2 Å². The standard InChI is InChI=1S/C72H57N4P/c1-48-31-40-68-69(43-48)74(52-21-9-5-10-22-52)64-27-15-18-30-67(64)75(68)53-37-42-71-59(46-53)58-44-49(35-41-70(58)77(71)55-23-11-6-12-24-55)32-33-50-34-38-56-57-39-36-54(47-61(57)72(2,3)60(56)45-50)76-65-28-16-13-25-62(65)73(51-19-7-4-8-20-51)63-26-14-17-29-66(63)76/h4-9,11-16,18-21,23-28,30-47H,10,17,22,29H2,1-3H3/b33-32+. The Morgan fingerprint density at radius 2 is 1.04 bits per heavy atom.